The second kappa shape index (κ2) is 3.38. The second-order valence-electron chi connectivity index (χ2n) is 3.02. The molecule has 14 heavy (non-hydrogen) atoms. The number of nitrogens with one attached hydrogen (secondary N) is 1. The van der Waals surface area contributed by atoms with Crippen molar-refractivity contribution >= 4 is 22.9 Å². The number of carbonyl (C=O) groups is 1. The molecule has 0 saturated carbocycles. The quantitative estimate of drug-likeness (QED) is 0.688. The van der Waals surface area contributed by atoms with Crippen LogP contribution in [0.15, 0.2) is 36.5 Å². The summed E-state index contributed by atoms with van der Waals surface area (Å²) in [5.74, 6) is -0.437. The molecule has 1 aromatic carbocycles. The van der Waals surface area contributed by atoms with Crippen LogP contribution in [-0.2, 0) is 4.79 Å². The zero-order valence-corrected chi connectivity index (χ0v) is 7.53. The fourth-order valence-electron chi connectivity index (χ4n) is 1.42. The van der Waals surface area contributed by atoms with E-state index in [1.165, 1.54) is 6.08 Å². The molecule has 0 spiro atoms. The lowest BCUT2D eigenvalue weighted by Gasteiger charge is -1.95. The van der Waals surface area contributed by atoms with Crippen LogP contribution in [0.1, 0.15) is 5.56 Å². The minimum Gasteiger partial charge on any atom is -0.366 e. The lowest BCUT2D eigenvalue weighted by atomic mass is 10.1. The van der Waals surface area contributed by atoms with Crippen molar-refractivity contribution < 1.29 is 4.79 Å². The van der Waals surface area contributed by atoms with Crippen LogP contribution in [0.4, 0.5) is 0 Å². The van der Waals surface area contributed by atoms with Crippen molar-refractivity contribution in [3.63, 3.8) is 0 Å². The first kappa shape index (κ1) is 8.56. The molecule has 3 nitrogen and oxygen atoms in total. The first-order chi connectivity index (χ1) is 6.77. The molecular weight excluding hydrogens is 176 g/mol. The van der Waals surface area contributed by atoms with E-state index in [4.69, 9.17) is 5.73 Å². The highest BCUT2D eigenvalue weighted by Crippen LogP contribution is 2.17. The molecule has 0 fully saturated rings. The van der Waals surface area contributed by atoms with Gasteiger partial charge in [-0.3, -0.25) is 4.79 Å². The zero-order chi connectivity index (χ0) is 9.97. The van der Waals surface area contributed by atoms with E-state index in [2.05, 4.69) is 4.98 Å². The largest absolute Gasteiger partial charge is 0.366 e. The number of H-pyrrole nitrogens is 1. The zero-order valence-electron chi connectivity index (χ0n) is 7.53. The monoisotopic (exact) mass is 186 g/mol. The lowest BCUT2D eigenvalue weighted by molar-refractivity contribution is -0.113. The van der Waals surface area contributed by atoms with Crippen LogP contribution in [0.3, 0.4) is 0 Å². The molecule has 0 aliphatic heterocycles. The average Bonchev–Trinajstić information content (AvgIpc) is 2.62. The van der Waals surface area contributed by atoms with E-state index >= 15 is 0 Å². The Morgan fingerprint density at radius 1 is 1.36 bits per heavy atom. The fraction of sp³-hybridized carbons (Fsp3) is 0. The third-order valence-electron chi connectivity index (χ3n) is 2.05. The molecule has 2 aromatic rings. The van der Waals surface area contributed by atoms with Gasteiger partial charge < -0.3 is 10.7 Å². The molecule has 0 aliphatic carbocycles. The maximum atomic E-state index is 10.6. The Bertz CT molecular complexity index is 497. The van der Waals surface area contributed by atoms with Gasteiger partial charge in [-0.25, -0.2) is 0 Å². The van der Waals surface area contributed by atoms with Crippen molar-refractivity contribution in [3.05, 3.63) is 42.1 Å². The minimum atomic E-state index is -0.437. The maximum absolute atomic E-state index is 10.6. The molecule has 1 aromatic heterocycles. The van der Waals surface area contributed by atoms with Crippen LogP contribution in [0.25, 0.3) is 17.0 Å². The van der Waals surface area contributed by atoms with E-state index in [1.54, 1.807) is 6.08 Å². The average molecular weight is 186 g/mol. The maximum Gasteiger partial charge on any atom is 0.241 e. The standard InChI is InChI=1S/C11H10N2O/c12-10(14)5-4-8-2-1-3-9-6-7-13-11(8)9/h1-7,13H,(H2,12,14). The summed E-state index contributed by atoms with van der Waals surface area (Å²) in [4.78, 5) is 13.7. The highest BCUT2D eigenvalue weighted by Gasteiger charge is 1.97. The molecule has 3 heteroatoms. The summed E-state index contributed by atoms with van der Waals surface area (Å²) in [6.07, 6.45) is 4.93. The molecule has 2 rings (SSSR count). The van der Waals surface area contributed by atoms with E-state index in [0.717, 1.165) is 16.5 Å². The number of nitrogens with two attached hydrogens (primary N) is 1. The van der Waals surface area contributed by atoms with Crippen LogP contribution in [0.5, 0.6) is 0 Å². The topological polar surface area (TPSA) is 58.9 Å². The third kappa shape index (κ3) is 1.52. The molecule has 0 saturated heterocycles. The van der Waals surface area contributed by atoms with Gasteiger partial charge in [0.15, 0.2) is 0 Å². The fourth-order valence-corrected chi connectivity index (χ4v) is 1.42. The molecule has 0 radical (unpaired) electrons. The summed E-state index contributed by atoms with van der Waals surface area (Å²) in [6, 6.07) is 7.86. The van der Waals surface area contributed by atoms with Gasteiger partial charge in [0, 0.05) is 12.3 Å². The molecular formula is C11H10N2O. The number of carbonyl (C=O) groups excluding carboxylic acids is 1. The number of aromatic amines is 1. The van der Waals surface area contributed by atoms with Crippen LogP contribution in [0, 0.1) is 0 Å². The molecule has 0 unspecified atom stereocenters. The predicted molar refractivity (Wildman–Crippen MR) is 56.5 cm³/mol. The SMILES string of the molecule is NC(=O)C=Cc1cccc2cc[nH]c12. The van der Waals surface area contributed by atoms with Crippen LogP contribution >= 0.6 is 0 Å². The Labute approximate surface area is 81.2 Å². The Balaban J connectivity index is 2.51. The number of amides is 1. The smallest absolute Gasteiger partial charge is 0.241 e. The first-order valence-electron chi connectivity index (χ1n) is 4.31. The molecule has 0 aliphatic rings. The highest BCUT2D eigenvalue weighted by atomic mass is 16.1. The molecule has 1 amide bonds. The van der Waals surface area contributed by atoms with Gasteiger partial charge in [0.1, 0.15) is 0 Å². The highest BCUT2D eigenvalue weighted by molar-refractivity contribution is 5.94. The normalized spacial score (nSPS) is 11.1. The van der Waals surface area contributed by atoms with Gasteiger partial charge in [-0.1, -0.05) is 18.2 Å². The number of aromatic nitrogens is 1. The van der Waals surface area contributed by atoms with Gasteiger partial charge in [0.2, 0.25) is 5.91 Å². The van der Waals surface area contributed by atoms with E-state index in [9.17, 15) is 4.79 Å². The third-order valence-corrected chi connectivity index (χ3v) is 2.05. The van der Waals surface area contributed by atoms with Crippen molar-refractivity contribution in [2.24, 2.45) is 5.73 Å². The Kier molecular flexibility index (Phi) is 2.07. The van der Waals surface area contributed by atoms with Crippen molar-refractivity contribution in [2.75, 3.05) is 0 Å². The Morgan fingerprint density at radius 3 is 3.00 bits per heavy atom. The molecule has 0 bridgehead atoms. The summed E-state index contributed by atoms with van der Waals surface area (Å²) >= 11 is 0. The van der Waals surface area contributed by atoms with E-state index in [-0.39, 0.29) is 0 Å². The number of fused-ring (bicyclic) bond motifs is 1. The van der Waals surface area contributed by atoms with Crippen molar-refractivity contribution in [1.82, 2.24) is 4.98 Å². The van der Waals surface area contributed by atoms with Gasteiger partial charge in [0.25, 0.3) is 0 Å². The van der Waals surface area contributed by atoms with Crippen molar-refractivity contribution in [3.8, 4) is 0 Å². The number of hydrogen-bond donors (Lipinski definition) is 2. The summed E-state index contributed by atoms with van der Waals surface area (Å²) in [6.45, 7) is 0. The number of primary amides is 1. The summed E-state index contributed by atoms with van der Waals surface area (Å²) < 4.78 is 0. The van der Waals surface area contributed by atoms with E-state index in [1.807, 2.05) is 30.5 Å². The molecule has 3 N–H and O–H groups in total. The van der Waals surface area contributed by atoms with Crippen molar-refractivity contribution in [2.45, 2.75) is 0 Å². The van der Waals surface area contributed by atoms with Crippen LogP contribution < -0.4 is 5.73 Å². The van der Waals surface area contributed by atoms with Gasteiger partial charge in [0.05, 0.1) is 5.52 Å². The van der Waals surface area contributed by atoms with Gasteiger partial charge in [-0.15, -0.1) is 0 Å². The molecule has 0 atom stereocenters. The molecule has 70 valence electrons. The lowest BCUT2D eigenvalue weighted by Crippen LogP contribution is -2.05. The van der Waals surface area contributed by atoms with E-state index in [0.29, 0.717) is 0 Å². The number of hydrogen-bond acceptors (Lipinski definition) is 1. The van der Waals surface area contributed by atoms with Gasteiger partial charge in [-0.05, 0) is 23.1 Å². The summed E-state index contributed by atoms with van der Waals surface area (Å²) in [5.41, 5.74) is 7.01. The minimum absolute atomic E-state index is 0.437. The number of rotatable bonds is 2. The second-order valence-corrected chi connectivity index (χ2v) is 3.02. The molecule has 1 heterocycles. The van der Waals surface area contributed by atoms with Gasteiger partial charge >= 0.3 is 0 Å². The van der Waals surface area contributed by atoms with E-state index < -0.39 is 5.91 Å². The Hall–Kier alpha value is -2.03. The number of para-hydroxylation sites is 1. The van der Waals surface area contributed by atoms with Gasteiger partial charge in [-0.2, -0.15) is 0 Å². The summed E-state index contributed by atoms with van der Waals surface area (Å²) in [5, 5.41) is 1.12. The predicted octanol–water partition coefficient (Wildman–Crippen LogP) is 1.67. The Morgan fingerprint density at radius 2 is 2.21 bits per heavy atom. The first-order valence-corrected chi connectivity index (χ1v) is 4.31. The summed E-state index contributed by atoms with van der Waals surface area (Å²) in [7, 11) is 0. The van der Waals surface area contributed by atoms with Crippen LogP contribution in [0.2, 0.25) is 0 Å². The van der Waals surface area contributed by atoms with Crippen LogP contribution in [-0.4, -0.2) is 10.9 Å². The number of benzene rings is 1. The van der Waals surface area contributed by atoms with Crippen molar-refractivity contribution in [1.29, 1.82) is 0 Å².